The van der Waals surface area contributed by atoms with E-state index >= 15 is 0 Å². The van der Waals surface area contributed by atoms with Crippen LogP contribution in [0.25, 0.3) is 11.0 Å². The number of hydrogen-bond acceptors (Lipinski definition) is 2. The molecule has 0 saturated carbocycles. The molecule has 2 heterocycles. The number of halogens is 1. The minimum absolute atomic E-state index is 0.207. The highest BCUT2D eigenvalue weighted by atomic mass is 19.1. The Morgan fingerprint density at radius 2 is 2.38 bits per heavy atom. The summed E-state index contributed by atoms with van der Waals surface area (Å²) in [6, 6.07) is 5.06. The van der Waals surface area contributed by atoms with Gasteiger partial charge < -0.3 is 9.88 Å². The van der Waals surface area contributed by atoms with Crippen LogP contribution in [0.3, 0.4) is 0 Å². The molecule has 1 aliphatic heterocycles. The predicted molar refractivity (Wildman–Crippen MR) is 60.6 cm³/mol. The number of aryl methyl sites for hydroxylation is 1. The van der Waals surface area contributed by atoms with Gasteiger partial charge in [-0.2, -0.15) is 0 Å². The maximum absolute atomic E-state index is 13.1. The summed E-state index contributed by atoms with van der Waals surface area (Å²) >= 11 is 0. The van der Waals surface area contributed by atoms with Crippen molar-refractivity contribution in [3.05, 3.63) is 29.8 Å². The Labute approximate surface area is 93.3 Å². The summed E-state index contributed by atoms with van der Waals surface area (Å²) in [7, 11) is 1.95. The van der Waals surface area contributed by atoms with E-state index in [1.165, 1.54) is 12.5 Å². The van der Waals surface area contributed by atoms with Gasteiger partial charge in [-0.3, -0.25) is 0 Å². The van der Waals surface area contributed by atoms with Gasteiger partial charge >= 0.3 is 0 Å². The molecular formula is C12H14FN3. The minimum Gasteiger partial charge on any atom is -0.330 e. The number of imidazole rings is 1. The number of rotatable bonds is 1. The molecule has 0 bridgehead atoms. The fourth-order valence-electron chi connectivity index (χ4n) is 2.40. The number of aromatic nitrogens is 2. The standard InChI is InChI=1S/C12H14FN3/c1-16-11-7-8(13)4-5-9(11)15-12(16)10-3-2-6-14-10/h4-5,7,10,14H,2-3,6H2,1H3. The van der Waals surface area contributed by atoms with E-state index in [0.717, 1.165) is 29.8 Å². The molecule has 0 radical (unpaired) electrons. The second-order valence-corrected chi connectivity index (χ2v) is 4.31. The highest BCUT2D eigenvalue weighted by molar-refractivity contribution is 5.76. The Morgan fingerprint density at radius 1 is 1.50 bits per heavy atom. The van der Waals surface area contributed by atoms with Crippen LogP contribution in [0.5, 0.6) is 0 Å². The fraction of sp³-hybridized carbons (Fsp3) is 0.417. The van der Waals surface area contributed by atoms with E-state index in [1.54, 1.807) is 12.1 Å². The molecule has 0 amide bonds. The van der Waals surface area contributed by atoms with E-state index in [2.05, 4.69) is 10.3 Å². The highest BCUT2D eigenvalue weighted by Crippen LogP contribution is 2.25. The molecule has 1 N–H and O–H groups in total. The van der Waals surface area contributed by atoms with Gasteiger partial charge in [0.15, 0.2) is 0 Å². The molecule has 1 unspecified atom stereocenters. The third-order valence-corrected chi connectivity index (χ3v) is 3.25. The van der Waals surface area contributed by atoms with Gasteiger partial charge in [-0.15, -0.1) is 0 Å². The fourth-order valence-corrected chi connectivity index (χ4v) is 2.40. The van der Waals surface area contributed by atoms with E-state index in [-0.39, 0.29) is 5.82 Å². The number of fused-ring (bicyclic) bond motifs is 1. The second-order valence-electron chi connectivity index (χ2n) is 4.31. The van der Waals surface area contributed by atoms with E-state index < -0.39 is 0 Å². The molecule has 4 heteroatoms. The van der Waals surface area contributed by atoms with E-state index in [1.807, 2.05) is 11.6 Å². The van der Waals surface area contributed by atoms with Crippen molar-refractivity contribution in [1.29, 1.82) is 0 Å². The first-order chi connectivity index (χ1) is 7.75. The summed E-state index contributed by atoms with van der Waals surface area (Å²) in [6.07, 6.45) is 2.29. The molecule has 1 saturated heterocycles. The van der Waals surface area contributed by atoms with Gasteiger partial charge in [0.05, 0.1) is 17.1 Å². The monoisotopic (exact) mass is 219 g/mol. The summed E-state index contributed by atoms with van der Waals surface area (Å²) in [5.41, 5.74) is 1.73. The van der Waals surface area contributed by atoms with Crippen molar-refractivity contribution in [2.75, 3.05) is 6.54 Å². The van der Waals surface area contributed by atoms with Gasteiger partial charge in [0.25, 0.3) is 0 Å². The molecule has 1 fully saturated rings. The van der Waals surface area contributed by atoms with Gasteiger partial charge in [0.1, 0.15) is 11.6 Å². The van der Waals surface area contributed by atoms with Crippen LogP contribution in [-0.4, -0.2) is 16.1 Å². The van der Waals surface area contributed by atoms with Crippen molar-refractivity contribution in [2.45, 2.75) is 18.9 Å². The number of nitrogens with one attached hydrogen (secondary N) is 1. The maximum atomic E-state index is 13.1. The van der Waals surface area contributed by atoms with E-state index in [9.17, 15) is 4.39 Å². The lowest BCUT2D eigenvalue weighted by atomic mass is 10.2. The normalized spacial score (nSPS) is 20.8. The maximum Gasteiger partial charge on any atom is 0.126 e. The quantitative estimate of drug-likeness (QED) is 0.796. The Morgan fingerprint density at radius 3 is 3.12 bits per heavy atom. The van der Waals surface area contributed by atoms with Crippen molar-refractivity contribution in [3.8, 4) is 0 Å². The highest BCUT2D eigenvalue weighted by Gasteiger charge is 2.21. The Bertz CT molecular complexity index is 526. The zero-order valence-electron chi connectivity index (χ0n) is 9.20. The average molecular weight is 219 g/mol. The first-order valence-corrected chi connectivity index (χ1v) is 5.61. The first-order valence-electron chi connectivity index (χ1n) is 5.61. The molecule has 3 rings (SSSR count). The van der Waals surface area contributed by atoms with E-state index in [0.29, 0.717) is 6.04 Å². The zero-order valence-corrected chi connectivity index (χ0v) is 9.20. The summed E-state index contributed by atoms with van der Waals surface area (Å²) in [6.45, 7) is 1.04. The van der Waals surface area contributed by atoms with Gasteiger partial charge in [-0.1, -0.05) is 0 Å². The second kappa shape index (κ2) is 3.56. The molecule has 16 heavy (non-hydrogen) atoms. The molecule has 0 aliphatic carbocycles. The lowest BCUT2D eigenvalue weighted by Gasteiger charge is -2.09. The topological polar surface area (TPSA) is 29.9 Å². The van der Waals surface area contributed by atoms with Crippen LogP contribution in [0, 0.1) is 5.82 Å². The molecule has 0 spiro atoms. The summed E-state index contributed by atoms with van der Waals surface area (Å²) in [5, 5.41) is 3.41. The molecule has 1 aromatic heterocycles. The largest absolute Gasteiger partial charge is 0.330 e. The lowest BCUT2D eigenvalue weighted by Crippen LogP contribution is -2.16. The summed E-state index contributed by atoms with van der Waals surface area (Å²) in [5.74, 6) is 0.805. The number of nitrogens with zero attached hydrogens (tertiary/aromatic N) is 2. The number of hydrogen-bond donors (Lipinski definition) is 1. The molecule has 1 atom stereocenters. The predicted octanol–water partition coefficient (Wildman–Crippen LogP) is 2.14. The summed E-state index contributed by atoms with van der Waals surface area (Å²) < 4.78 is 15.1. The molecule has 2 aromatic rings. The van der Waals surface area contributed by atoms with Crippen molar-refractivity contribution in [2.24, 2.45) is 7.05 Å². The average Bonchev–Trinajstić information content (AvgIpc) is 2.87. The van der Waals surface area contributed by atoms with Crippen LogP contribution in [0.1, 0.15) is 24.7 Å². The molecule has 3 nitrogen and oxygen atoms in total. The molecular weight excluding hydrogens is 205 g/mol. The van der Waals surface area contributed by atoms with Crippen LogP contribution in [0.15, 0.2) is 18.2 Å². The Hall–Kier alpha value is -1.42. The van der Waals surface area contributed by atoms with Crippen LogP contribution in [0.4, 0.5) is 4.39 Å². The smallest absolute Gasteiger partial charge is 0.126 e. The van der Waals surface area contributed by atoms with Crippen molar-refractivity contribution >= 4 is 11.0 Å². The van der Waals surface area contributed by atoms with Crippen LogP contribution in [0.2, 0.25) is 0 Å². The van der Waals surface area contributed by atoms with Gasteiger partial charge in [-0.05, 0) is 37.6 Å². The Balaban J connectivity index is 2.15. The molecule has 1 aromatic carbocycles. The van der Waals surface area contributed by atoms with Crippen LogP contribution in [-0.2, 0) is 7.05 Å². The summed E-state index contributed by atoms with van der Waals surface area (Å²) in [4.78, 5) is 4.57. The third kappa shape index (κ3) is 1.41. The van der Waals surface area contributed by atoms with Crippen molar-refractivity contribution in [1.82, 2.24) is 14.9 Å². The third-order valence-electron chi connectivity index (χ3n) is 3.25. The zero-order chi connectivity index (χ0) is 11.1. The SMILES string of the molecule is Cn1c(C2CCCN2)nc2ccc(F)cc21. The van der Waals surface area contributed by atoms with E-state index in [4.69, 9.17) is 0 Å². The molecule has 84 valence electrons. The van der Waals surface area contributed by atoms with Crippen LogP contribution < -0.4 is 5.32 Å². The molecule has 1 aliphatic rings. The van der Waals surface area contributed by atoms with Gasteiger partial charge in [0.2, 0.25) is 0 Å². The van der Waals surface area contributed by atoms with Crippen molar-refractivity contribution in [3.63, 3.8) is 0 Å². The lowest BCUT2D eigenvalue weighted by molar-refractivity contribution is 0.584. The van der Waals surface area contributed by atoms with Crippen LogP contribution >= 0.6 is 0 Å². The minimum atomic E-state index is -0.207. The Kier molecular flexibility index (Phi) is 2.17. The number of benzene rings is 1. The first kappa shape index (κ1) is 9.78. The van der Waals surface area contributed by atoms with Crippen molar-refractivity contribution < 1.29 is 4.39 Å². The van der Waals surface area contributed by atoms with Gasteiger partial charge in [-0.25, -0.2) is 9.37 Å². The van der Waals surface area contributed by atoms with Gasteiger partial charge in [0, 0.05) is 7.05 Å².